The zero-order valence-corrected chi connectivity index (χ0v) is 10.1. The lowest BCUT2D eigenvalue weighted by atomic mass is 10.1. The first kappa shape index (κ1) is 10.9. The number of rotatable bonds is 2. The molecule has 3 aromatic rings. The van der Waals surface area contributed by atoms with E-state index >= 15 is 0 Å². The second-order valence-electron chi connectivity index (χ2n) is 3.76. The van der Waals surface area contributed by atoms with E-state index in [1.54, 1.807) is 11.6 Å². The van der Waals surface area contributed by atoms with Crippen LogP contribution in [0.25, 0.3) is 10.8 Å². The molecule has 1 aromatic heterocycles. The zero-order chi connectivity index (χ0) is 12.4. The van der Waals surface area contributed by atoms with Gasteiger partial charge in [-0.05, 0) is 22.9 Å². The number of fused-ring (bicyclic) bond motifs is 1. The van der Waals surface area contributed by atoms with Gasteiger partial charge in [0.1, 0.15) is 5.51 Å². The van der Waals surface area contributed by atoms with Gasteiger partial charge in [0, 0.05) is 5.56 Å². The summed E-state index contributed by atoms with van der Waals surface area (Å²) >= 11 is 1.30. The summed E-state index contributed by atoms with van der Waals surface area (Å²) in [5.74, 6) is -0.169. The summed E-state index contributed by atoms with van der Waals surface area (Å²) in [6, 6.07) is 13.5. The molecule has 88 valence electrons. The topological polar surface area (TPSA) is 54.9 Å². The summed E-state index contributed by atoms with van der Waals surface area (Å²) in [7, 11) is 0. The normalized spacial score (nSPS) is 10.4. The number of nitrogens with zero attached hydrogens (tertiary/aromatic N) is 2. The highest BCUT2D eigenvalue weighted by molar-refractivity contribution is 7.13. The van der Waals surface area contributed by atoms with E-state index in [4.69, 9.17) is 0 Å². The Morgan fingerprint density at radius 2 is 1.94 bits per heavy atom. The van der Waals surface area contributed by atoms with Gasteiger partial charge in [-0.1, -0.05) is 41.7 Å². The summed E-state index contributed by atoms with van der Waals surface area (Å²) in [6.07, 6.45) is 0. The largest absolute Gasteiger partial charge is 0.296 e. The molecule has 0 unspecified atom stereocenters. The maximum Gasteiger partial charge on any atom is 0.257 e. The van der Waals surface area contributed by atoms with E-state index in [1.807, 2.05) is 36.4 Å². The summed E-state index contributed by atoms with van der Waals surface area (Å²) in [5.41, 5.74) is 2.19. The van der Waals surface area contributed by atoms with Gasteiger partial charge in [-0.15, -0.1) is 10.2 Å². The summed E-state index contributed by atoms with van der Waals surface area (Å²) in [4.78, 5) is 12.0. The maximum absolute atomic E-state index is 12.0. The number of aromatic nitrogens is 2. The lowest BCUT2D eigenvalue weighted by molar-refractivity contribution is 0.102. The van der Waals surface area contributed by atoms with Crippen LogP contribution in [0.2, 0.25) is 0 Å². The third-order valence-corrected chi connectivity index (χ3v) is 3.20. The molecular formula is C13H9N3OS. The Morgan fingerprint density at radius 3 is 2.72 bits per heavy atom. The van der Waals surface area contributed by atoms with Crippen LogP contribution in [-0.4, -0.2) is 16.1 Å². The molecule has 0 fully saturated rings. The van der Waals surface area contributed by atoms with E-state index in [9.17, 15) is 4.79 Å². The van der Waals surface area contributed by atoms with Crippen LogP contribution in [0.15, 0.2) is 48.0 Å². The lowest BCUT2D eigenvalue weighted by Crippen LogP contribution is -2.11. The number of amides is 1. The minimum Gasteiger partial charge on any atom is -0.296 e. The second-order valence-corrected chi connectivity index (χ2v) is 4.59. The van der Waals surface area contributed by atoms with Crippen molar-refractivity contribution in [3.8, 4) is 0 Å². The molecule has 0 aliphatic carbocycles. The summed E-state index contributed by atoms with van der Waals surface area (Å²) in [5, 5.41) is 12.8. The molecule has 0 aliphatic heterocycles. The van der Waals surface area contributed by atoms with E-state index in [2.05, 4.69) is 15.5 Å². The number of nitrogens with one attached hydrogen (secondary N) is 1. The Hall–Kier alpha value is -2.27. The Bertz CT molecular complexity index is 694. The quantitative estimate of drug-likeness (QED) is 0.766. The number of carbonyl (C=O) groups is 1. The molecule has 0 atom stereocenters. The number of carbonyl (C=O) groups excluding carboxylic acids is 1. The van der Waals surface area contributed by atoms with Gasteiger partial charge in [0.15, 0.2) is 0 Å². The Balaban J connectivity index is 1.92. The minimum absolute atomic E-state index is 0.169. The standard InChI is InChI=1S/C13H9N3OS/c17-12(15-13-16-14-8-18-13)11-6-5-9-3-1-2-4-10(9)7-11/h1-8H,(H,15,16,17). The Labute approximate surface area is 107 Å². The molecule has 1 amide bonds. The van der Waals surface area contributed by atoms with Crippen LogP contribution in [-0.2, 0) is 0 Å². The molecule has 0 bridgehead atoms. The molecule has 0 saturated carbocycles. The fourth-order valence-electron chi connectivity index (χ4n) is 1.73. The monoisotopic (exact) mass is 255 g/mol. The van der Waals surface area contributed by atoms with Crippen molar-refractivity contribution in [2.24, 2.45) is 0 Å². The van der Waals surface area contributed by atoms with Gasteiger partial charge < -0.3 is 0 Å². The highest BCUT2D eigenvalue weighted by Crippen LogP contribution is 2.17. The number of hydrogen-bond acceptors (Lipinski definition) is 4. The Kier molecular flexibility index (Phi) is 2.74. The van der Waals surface area contributed by atoms with E-state index in [0.29, 0.717) is 10.7 Å². The molecule has 18 heavy (non-hydrogen) atoms. The van der Waals surface area contributed by atoms with E-state index in [-0.39, 0.29) is 5.91 Å². The van der Waals surface area contributed by atoms with Crippen molar-refractivity contribution in [1.29, 1.82) is 0 Å². The molecule has 4 nitrogen and oxygen atoms in total. The van der Waals surface area contributed by atoms with Crippen LogP contribution >= 0.6 is 11.3 Å². The third kappa shape index (κ3) is 2.08. The highest BCUT2D eigenvalue weighted by Gasteiger charge is 2.08. The number of anilines is 1. The van der Waals surface area contributed by atoms with Crippen molar-refractivity contribution in [1.82, 2.24) is 10.2 Å². The zero-order valence-electron chi connectivity index (χ0n) is 9.33. The minimum atomic E-state index is -0.169. The van der Waals surface area contributed by atoms with Gasteiger partial charge in [0.2, 0.25) is 5.13 Å². The molecule has 1 N–H and O–H groups in total. The predicted molar refractivity (Wildman–Crippen MR) is 71.8 cm³/mol. The van der Waals surface area contributed by atoms with Crippen LogP contribution in [0, 0.1) is 0 Å². The molecule has 3 rings (SSSR count). The van der Waals surface area contributed by atoms with E-state index in [0.717, 1.165) is 10.8 Å². The first-order chi connectivity index (χ1) is 8.83. The van der Waals surface area contributed by atoms with Crippen LogP contribution in [0.4, 0.5) is 5.13 Å². The highest BCUT2D eigenvalue weighted by atomic mass is 32.1. The van der Waals surface area contributed by atoms with Gasteiger partial charge in [-0.2, -0.15) is 0 Å². The predicted octanol–water partition coefficient (Wildman–Crippen LogP) is 2.94. The molecular weight excluding hydrogens is 246 g/mol. The van der Waals surface area contributed by atoms with Gasteiger partial charge >= 0.3 is 0 Å². The number of benzene rings is 2. The smallest absolute Gasteiger partial charge is 0.257 e. The summed E-state index contributed by atoms with van der Waals surface area (Å²) < 4.78 is 0. The molecule has 0 saturated heterocycles. The second kappa shape index (κ2) is 4.54. The SMILES string of the molecule is O=C(Nc1nncs1)c1ccc2ccccc2c1. The molecule has 0 spiro atoms. The first-order valence-electron chi connectivity index (χ1n) is 5.39. The van der Waals surface area contributed by atoms with Gasteiger partial charge in [-0.25, -0.2) is 0 Å². The Morgan fingerprint density at radius 1 is 1.11 bits per heavy atom. The first-order valence-corrected chi connectivity index (χ1v) is 6.27. The molecule has 0 aliphatic rings. The van der Waals surface area contributed by atoms with Crippen LogP contribution < -0.4 is 5.32 Å². The van der Waals surface area contributed by atoms with Crippen molar-refractivity contribution in [2.45, 2.75) is 0 Å². The fourth-order valence-corrected chi connectivity index (χ4v) is 2.17. The lowest BCUT2D eigenvalue weighted by Gasteiger charge is -2.03. The molecule has 5 heteroatoms. The molecule has 0 radical (unpaired) electrons. The maximum atomic E-state index is 12.0. The van der Waals surface area contributed by atoms with Crippen LogP contribution in [0.1, 0.15) is 10.4 Å². The van der Waals surface area contributed by atoms with Crippen molar-refractivity contribution in [3.63, 3.8) is 0 Å². The van der Waals surface area contributed by atoms with Gasteiger partial charge in [-0.3, -0.25) is 10.1 Å². The third-order valence-electron chi connectivity index (χ3n) is 2.59. The van der Waals surface area contributed by atoms with Crippen LogP contribution in [0.5, 0.6) is 0 Å². The van der Waals surface area contributed by atoms with Crippen LogP contribution in [0.3, 0.4) is 0 Å². The van der Waals surface area contributed by atoms with Crippen molar-refractivity contribution in [3.05, 3.63) is 53.5 Å². The average molecular weight is 255 g/mol. The average Bonchev–Trinajstić information content (AvgIpc) is 2.91. The van der Waals surface area contributed by atoms with E-state index < -0.39 is 0 Å². The van der Waals surface area contributed by atoms with Crippen molar-refractivity contribution >= 4 is 33.1 Å². The number of hydrogen-bond donors (Lipinski definition) is 1. The van der Waals surface area contributed by atoms with Crippen molar-refractivity contribution < 1.29 is 4.79 Å². The van der Waals surface area contributed by atoms with Gasteiger partial charge in [0.25, 0.3) is 5.91 Å². The molecule has 2 aromatic carbocycles. The van der Waals surface area contributed by atoms with Crippen molar-refractivity contribution in [2.75, 3.05) is 5.32 Å². The van der Waals surface area contributed by atoms with Gasteiger partial charge in [0.05, 0.1) is 0 Å². The summed E-state index contributed by atoms with van der Waals surface area (Å²) in [6.45, 7) is 0. The van der Waals surface area contributed by atoms with E-state index in [1.165, 1.54) is 11.3 Å². The fraction of sp³-hybridized carbons (Fsp3) is 0. The molecule has 1 heterocycles.